The first-order chi connectivity index (χ1) is 6.25. The van der Waals surface area contributed by atoms with Crippen molar-refractivity contribution in [3.05, 3.63) is 45.6 Å². The van der Waals surface area contributed by atoms with E-state index in [0.29, 0.717) is 0 Å². The van der Waals surface area contributed by atoms with Crippen LogP contribution in [0.2, 0.25) is 0 Å². The highest BCUT2D eigenvalue weighted by molar-refractivity contribution is 9.11. The average Bonchev–Trinajstić information content (AvgIpc) is 2.53. The van der Waals surface area contributed by atoms with Crippen LogP contribution in [0.25, 0.3) is 5.69 Å². The smallest absolute Gasteiger partial charge is 0.0668 e. The monoisotopic (exact) mass is 299 g/mol. The van der Waals surface area contributed by atoms with E-state index in [9.17, 15) is 0 Å². The minimum absolute atomic E-state index is 1.00. The zero-order valence-corrected chi connectivity index (χ0v) is 9.71. The molecule has 0 unspecified atom stereocenters. The van der Waals surface area contributed by atoms with Gasteiger partial charge in [0.25, 0.3) is 0 Å². The van der Waals surface area contributed by atoms with Gasteiger partial charge in [-0.15, -0.1) is 0 Å². The SMILES string of the molecule is Brc1cc(Br)cc(-n2c[c]cn2)c1. The maximum absolute atomic E-state index is 4.09. The van der Waals surface area contributed by atoms with Crippen LogP contribution in [0, 0.1) is 6.07 Å². The van der Waals surface area contributed by atoms with Gasteiger partial charge in [-0.2, -0.15) is 5.10 Å². The summed E-state index contributed by atoms with van der Waals surface area (Å²) in [6.07, 6.45) is 3.42. The van der Waals surface area contributed by atoms with Crippen molar-refractivity contribution in [2.75, 3.05) is 0 Å². The van der Waals surface area contributed by atoms with Gasteiger partial charge in [-0.1, -0.05) is 31.9 Å². The molecule has 1 aromatic carbocycles. The Bertz CT molecular complexity index is 389. The zero-order chi connectivity index (χ0) is 9.26. The van der Waals surface area contributed by atoms with Crippen LogP contribution < -0.4 is 0 Å². The van der Waals surface area contributed by atoms with Crippen LogP contribution in [-0.2, 0) is 0 Å². The van der Waals surface area contributed by atoms with Crippen molar-refractivity contribution in [1.82, 2.24) is 9.78 Å². The predicted molar refractivity (Wildman–Crippen MR) is 57.8 cm³/mol. The molecule has 0 aliphatic heterocycles. The normalized spacial score (nSPS) is 10.3. The molecule has 1 heterocycles. The van der Waals surface area contributed by atoms with Gasteiger partial charge in [-0.05, 0) is 18.2 Å². The second-order valence-electron chi connectivity index (χ2n) is 2.51. The van der Waals surface area contributed by atoms with E-state index < -0.39 is 0 Å². The molecule has 0 N–H and O–H groups in total. The minimum atomic E-state index is 1.00. The Hall–Kier alpha value is -0.610. The predicted octanol–water partition coefficient (Wildman–Crippen LogP) is 3.20. The van der Waals surface area contributed by atoms with Crippen molar-refractivity contribution < 1.29 is 0 Å². The van der Waals surface area contributed by atoms with Crippen LogP contribution in [0.3, 0.4) is 0 Å². The Balaban J connectivity index is 2.53. The van der Waals surface area contributed by atoms with Gasteiger partial charge in [0.05, 0.1) is 11.9 Å². The van der Waals surface area contributed by atoms with E-state index in [0.717, 1.165) is 14.6 Å². The van der Waals surface area contributed by atoms with Crippen LogP contribution in [0.15, 0.2) is 39.5 Å². The third-order valence-electron chi connectivity index (χ3n) is 1.57. The molecule has 4 heteroatoms. The standard InChI is InChI=1S/C9H5Br2N2/c10-7-4-8(11)6-9(5-7)13-3-1-2-12-13/h2-6H. The average molecular weight is 301 g/mol. The lowest BCUT2D eigenvalue weighted by molar-refractivity contribution is 0.879. The lowest BCUT2D eigenvalue weighted by atomic mass is 10.3. The number of nitrogens with zero attached hydrogens (tertiary/aromatic N) is 2. The van der Waals surface area contributed by atoms with Gasteiger partial charge in [0.2, 0.25) is 0 Å². The van der Waals surface area contributed by atoms with Gasteiger partial charge in [0, 0.05) is 21.2 Å². The molecule has 0 saturated heterocycles. The molecule has 1 radical (unpaired) electrons. The molecule has 65 valence electrons. The van der Waals surface area contributed by atoms with Crippen LogP contribution in [0.1, 0.15) is 0 Å². The van der Waals surface area contributed by atoms with E-state index in [1.54, 1.807) is 17.1 Å². The Morgan fingerprint density at radius 1 is 1.15 bits per heavy atom. The number of hydrogen-bond acceptors (Lipinski definition) is 1. The summed E-state index contributed by atoms with van der Waals surface area (Å²) in [6, 6.07) is 8.85. The van der Waals surface area contributed by atoms with E-state index in [4.69, 9.17) is 0 Å². The Morgan fingerprint density at radius 3 is 2.38 bits per heavy atom. The Morgan fingerprint density at radius 2 is 1.85 bits per heavy atom. The van der Waals surface area contributed by atoms with E-state index >= 15 is 0 Å². The van der Waals surface area contributed by atoms with E-state index in [2.05, 4.69) is 43.0 Å². The van der Waals surface area contributed by atoms with Crippen molar-refractivity contribution in [1.29, 1.82) is 0 Å². The molecule has 0 spiro atoms. The van der Waals surface area contributed by atoms with E-state index in [1.165, 1.54) is 0 Å². The van der Waals surface area contributed by atoms with Crippen LogP contribution >= 0.6 is 31.9 Å². The van der Waals surface area contributed by atoms with Gasteiger partial charge in [0.15, 0.2) is 0 Å². The fraction of sp³-hybridized carbons (Fsp3) is 0. The van der Waals surface area contributed by atoms with Crippen LogP contribution in [-0.4, -0.2) is 9.78 Å². The fourth-order valence-corrected chi connectivity index (χ4v) is 2.32. The van der Waals surface area contributed by atoms with Crippen molar-refractivity contribution >= 4 is 31.9 Å². The summed E-state index contributed by atoms with van der Waals surface area (Å²) in [6.45, 7) is 0. The largest absolute Gasteiger partial charge is 0.240 e. The molecular formula is C9H5Br2N2. The van der Waals surface area contributed by atoms with E-state index in [-0.39, 0.29) is 0 Å². The summed E-state index contributed by atoms with van der Waals surface area (Å²) < 4.78 is 3.80. The van der Waals surface area contributed by atoms with Gasteiger partial charge in [0.1, 0.15) is 0 Å². The number of hydrogen-bond donors (Lipinski definition) is 0. The van der Waals surface area contributed by atoms with Gasteiger partial charge >= 0.3 is 0 Å². The minimum Gasteiger partial charge on any atom is -0.240 e. The highest BCUT2D eigenvalue weighted by atomic mass is 79.9. The molecule has 0 saturated carbocycles. The number of rotatable bonds is 1. The molecule has 2 rings (SSSR count). The summed E-state index contributed by atoms with van der Waals surface area (Å²) in [5, 5.41) is 4.09. The van der Waals surface area contributed by atoms with Gasteiger partial charge in [-0.25, -0.2) is 4.68 Å². The molecule has 0 fully saturated rings. The summed E-state index contributed by atoms with van der Waals surface area (Å²) >= 11 is 6.83. The first kappa shape index (κ1) is 8.97. The number of benzene rings is 1. The molecule has 0 aliphatic rings. The summed E-state index contributed by atoms with van der Waals surface area (Å²) in [5.74, 6) is 0. The number of halogens is 2. The summed E-state index contributed by atoms with van der Waals surface area (Å²) in [5.41, 5.74) is 1.00. The quantitative estimate of drug-likeness (QED) is 0.791. The maximum atomic E-state index is 4.09. The first-order valence-corrected chi connectivity index (χ1v) is 5.21. The molecular weight excluding hydrogens is 296 g/mol. The molecule has 0 amide bonds. The molecule has 0 atom stereocenters. The molecule has 2 nitrogen and oxygen atoms in total. The molecule has 1 aromatic heterocycles. The highest BCUT2D eigenvalue weighted by Gasteiger charge is 1.99. The van der Waals surface area contributed by atoms with Gasteiger partial charge < -0.3 is 0 Å². The molecule has 13 heavy (non-hydrogen) atoms. The molecule has 0 aliphatic carbocycles. The second kappa shape index (κ2) is 3.64. The molecule has 2 aromatic rings. The molecule has 0 bridgehead atoms. The van der Waals surface area contributed by atoms with Gasteiger partial charge in [-0.3, -0.25) is 0 Å². The van der Waals surface area contributed by atoms with Crippen molar-refractivity contribution in [3.63, 3.8) is 0 Å². The Labute approximate surface area is 92.8 Å². The lowest BCUT2D eigenvalue weighted by Crippen LogP contribution is -1.93. The third-order valence-corrected chi connectivity index (χ3v) is 2.48. The Kier molecular flexibility index (Phi) is 2.51. The fourth-order valence-electron chi connectivity index (χ4n) is 1.05. The van der Waals surface area contributed by atoms with E-state index in [1.807, 2.05) is 18.2 Å². The van der Waals surface area contributed by atoms with Crippen LogP contribution in [0.5, 0.6) is 0 Å². The summed E-state index contributed by atoms with van der Waals surface area (Å²) in [7, 11) is 0. The summed E-state index contributed by atoms with van der Waals surface area (Å²) in [4.78, 5) is 0. The highest BCUT2D eigenvalue weighted by Crippen LogP contribution is 2.21. The van der Waals surface area contributed by atoms with Crippen molar-refractivity contribution in [2.24, 2.45) is 0 Å². The first-order valence-electron chi connectivity index (χ1n) is 3.63. The second-order valence-corrected chi connectivity index (χ2v) is 4.34. The topological polar surface area (TPSA) is 17.8 Å². The van der Waals surface area contributed by atoms with Crippen LogP contribution in [0.4, 0.5) is 0 Å². The third kappa shape index (κ3) is 2.00. The van der Waals surface area contributed by atoms with Crippen molar-refractivity contribution in [2.45, 2.75) is 0 Å². The van der Waals surface area contributed by atoms with Crippen molar-refractivity contribution in [3.8, 4) is 5.69 Å². The number of aromatic nitrogens is 2. The zero-order valence-electron chi connectivity index (χ0n) is 6.54. The lowest BCUT2D eigenvalue weighted by Gasteiger charge is -2.02. The maximum Gasteiger partial charge on any atom is 0.0668 e.